The molecular weight excluding hydrogens is 487 g/mol. The predicted molar refractivity (Wildman–Crippen MR) is 118 cm³/mol. The van der Waals surface area contributed by atoms with Crippen LogP contribution in [0.25, 0.3) is 0 Å². The van der Waals surface area contributed by atoms with Crippen LogP contribution in [0.3, 0.4) is 0 Å². The Balaban J connectivity index is 1.84. The van der Waals surface area contributed by atoms with Crippen LogP contribution in [-0.4, -0.2) is 20.4 Å². The van der Waals surface area contributed by atoms with Gasteiger partial charge in [0.2, 0.25) is 15.9 Å². The fraction of sp³-hybridized carbons (Fsp3) is 0.0952. The number of carbonyl (C=O) groups is 1. The summed E-state index contributed by atoms with van der Waals surface area (Å²) < 4.78 is 29.1. The maximum atomic E-state index is 12.9. The fourth-order valence-corrected chi connectivity index (χ4v) is 4.23. The highest BCUT2D eigenvalue weighted by Gasteiger charge is 2.26. The Labute approximate surface area is 178 Å². The van der Waals surface area contributed by atoms with E-state index in [2.05, 4.69) is 32.6 Å². The molecule has 0 saturated carbocycles. The highest BCUT2D eigenvalue weighted by Crippen LogP contribution is 2.14. The van der Waals surface area contributed by atoms with Gasteiger partial charge in [0.15, 0.2) is 0 Å². The molecular formula is C21H19IN2O3S. The molecule has 3 aromatic rings. The Kier molecular flexibility index (Phi) is 6.82. The van der Waals surface area contributed by atoms with Gasteiger partial charge in [-0.05, 0) is 71.0 Å². The van der Waals surface area contributed by atoms with E-state index >= 15 is 0 Å². The van der Waals surface area contributed by atoms with Crippen LogP contribution in [0.2, 0.25) is 0 Å². The highest BCUT2D eigenvalue weighted by atomic mass is 127. The lowest BCUT2D eigenvalue weighted by molar-refractivity contribution is -0.117. The minimum atomic E-state index is -3.84. The second-order valence-corrected chi connectivity index (χ2v) is 9.13. The lowest BCUT2D eigenvalue weighted by Crippen LogP contribution is -2.45. The van der Waals surface area contributed by atoms with Crippen LogP contribution in [0.1, 0.15) is 5.56 Å². The SMILES string of the molecule is O=C(Nc1ccc(I)cc1)[C@H](Cc1ccccc1)NS(=O)(=O)c1ccccc1. The second-order valence-electron chi connectivity index (χ2n) is 6.17. The summed E-state index contributed by atoms with van der Waals surface area (Å²) >= 11 is 2.18. The van der Waals surface area contributed by atoms with Crippen molar-refractivity contribution in [2.75, 3.05) is 5.32 Å². The third-order valence-electron chi connectivity index (χ3n) is 4.06. The van der Waals surface area contributed by atoms with Crippen molar-refractivity contribution in [2.24, 2.45) is 0 Å². The molecule has 5 nitrogen and oxygen atoms in total. The van der Waals surface area contributed by atoms with Gasteiger partial charge in [-0.3, -0.25) is 4.79 Å². The van der Waals surface area contributed by atoms with Crippen LogP contribution in [0, 0.1) is 3.57 Å². The zero-order valence-electron chi connectivity index (χ0n) is 14.9. The molecule has 0 aliphatic carbocycles. The summed E-state index contributed by atoms with van der Waals surface area (Å²) in [5, 5.41) is 2.79. The molecule has 0 fully saturated rings. The van der Waals surface area contributed by atoms with E-state index in [9.17, 15) is 13.2 Å². The predicted octanol–water partition coefficient (Wildman–Crippen LogP) is 3.82. The number of benzene rings is 3. The van der Waals surface area contributed by atoms with E-state index in [-0.39, 0.29) is 11.3 Å². The average molecular weight is 506 g/mol. The highest BCUT2D eigenvalue weighted by molar-refractivity contribution is 14.1. The fourth-order valence-electron chi connectivity index (χ4n) is 2.66. The number of hydrogen-bond acceptors (Lipinski definition) is 3. The van der Waals surface area contributed by atoms with E-state index in [1.807, 2.05) is 42.5 Å². The van der Waals surface area contributed by atoms with Gasteiger partial charge in [0.25, 0.3) is 0 Å². The summed E-state index contributed by atoms with van der Waals surface area (Å²) in [5.41, 5.74) is 1.48. The van der Waals surface area contributed by atoms with Crippen molar-refractivity contribution in [2.45, 2.75) is 17.4 Å². The van der Waals surface area contributed by atoms with Crippen molar-refractivity contribution in [3.8, 4) is 0 Å². The van der Waals surface area contributed by atoms with Gasteiger partial charge in [-0.2, -0.15) is 4.72 Å². The molecule has 0 spiro atoms. The minimum Gasteiger partial charge on any atom is -0.325 e. The zero-order chi connectivity index (χ0) is 20.0. The van der Waals surface area contributed by atoms with Gasteiger partial charge in [-0.15, -0.1) is 0 Å². The van der Waals surface area contributed by atoms with Gasteiger partial charge in [0.05, 0.1) is 4.90 Å². The van der Waals surface area contributed by atoms with Gasteiger partial charge >= 0.3 is 0 Å². The molecule has 0 saturated heterocycles. The lowest BCUT2D eigenvalue weighted by atomic mass is 10.1. The second kappa shape index (κ2) is 9.31. The molecule has 0 unspecified atom stereocenters. The van der Waals surface area contributed by atoms with Gasteiger partial charge in [-0.25, -0.2) is 8.42 Å². The van der Waals surface area contributed by atoms with Crippen LogP contribution < -0.4 is 10.0 Å². The number of halogens is 1. The normalized spacial score (nSPS) is 12.3. The van der Waals surface area contributed by atoms with Gasteiger partial charge in [0.1, 0.15) is 6.04 Å². The number of rotatable bonds is 7. The number of anilines is 1. The quantitative estimate of drug-likeness (QED) is 0.479. The number of amides is 1. The van der Waals surface area contributed by atoms with Crippen LogP contribution in [0.5, 0.6) is 0 Å². The summed E-state index contributed by atoms with van der Waals surface area (Å²) in [6.45, 7) is 0. The monoisotopic (exact) mass is 506 g/mol. The van der Waals surface area contributed by atoms with E-state index in [1.54, 1.807) is 30.3 Å². The third-order valence-corrected chi connectivity index (χ3v) is 6.27. The van der Waals surface area contributed by atoms with Crippen LogP contribution in [0.15, 0.2) is 89.8 Å². The van der Waals surface area contributed by atoms with E-state index in [0.717, 1.165) is 9.13 Å². The molecule has 1 atom stereocenters. The Morgan fingerprint density at radius 2 is 1.43 bits per heavy atom. The third kappa shape index (κ3) is 5.63. The first-order valence-electron chi connectivity index (χ1n) is 8.62. The van der Waals surface area contributed by atoms with Crippen molar-refractivity contribution >= 4 is 44.2 Å². The Hall–Kier alpha value is -2.23. The van der Waals surface area contributed by atoms with Crippen molar-refractivity contribution < 1.29 is 13.2 Å². The van der Waals surface area contributed by atoms with E-state index in [1.165, 1.54) is 12.1 Å². The number of carbonyl (C=O) groups excluding carboxylic acids is 1. The first kappa shape index (κ1) is 20.5. The maximum Gasteiger partial charge on any atom is 0.242 e. The van der Waals surface area contributed by atoms with E-state index in [4.69, 9.17) is 0 Å². The zero-order valence-corrected chi connectivity index (χ0v) is 17.9. The molecule has 3 rings (SSSR count). The summed E-state index contributed by atoms with van der Waals surface area (Å²) in [6, 6.07) is 23.7. The largest absolute Gasteiger partial charge is 0.325 e. The molecule has 0 aliphatic rings. The average Bonchev–Trinajstić information content (AvgIpc) is 2.70. The summed E-state index contributed by atoms with van der Waals surface area (Å²) in [7, 11) is -3.84. The first-order chi connectivity index (χ1) is 13.4. The van der Waals surface area contributed by atoms with Crippen molar-refractivity contribution in [1.82, 2.24) is 4.72 Å². The van der Waals surface area contributed by atoms with E-state index in [0.29, 0.717) is 5.69 Å². The Bertz CT molecular complexity index is 1020. The summed E-state index contributed by atoms with van der Waals surface area (Å²) in [5.74, 6) is -0.412. The first-order valence-corrected chi connectivity index (χ1v) is 11.2. The number of hydrogen-bond donors (Lipinski definition) is 2. The number of sulfonamides is 1. The van der Waals surface area contributed by atoms with Crippen LogP contribution >= 0.6 is 22.6 Å². The van der Waals surface area contributed by atoms with Crippen molar-refractivity contribution in [3.63, 3.8) is 0 Å². The molecule has 28 heavy (non-hydrogen) atoms. The Morgan fingerprint density at radius 1 is 0.857 bits per heavy atom. The standard InChI is InChI=1S/C21H19IN2O3S/c22-17-11-13-18(14-12-17)23-21(25)20(15-16-7-3-1-4-8-16)24-28(26,27)19-9-5-2-6-10-19/h1-14,20,24H,15H2,(H,23,25)/t20-/m0/s1. The van der Waals surface area contributed by atoms with Crippen molar-refractivity contribution in [1.29, 1.82) is 0 Å². The molecule has 1 amide bonds. The maximum absolute atomic E-state index is 12.9. The topological polar surface area (TPSA) is 75.3 Å². The molecule has 144 valence electrons. The van der Waals surface area contributed by atoms with Gasteiger partial charge in [0, 0.05) is 9.26 Å². The molecule has 0 aromatic heterocycles. The van der Waals surface area contributed by atoms with Crippen molar-refractivity contribution in [3.05, 3.63) is 94.1 Å². The summed E-state index contributed by atoms with van der Waals surface area (Å²) in [4.78, 5) is 13.0. The molecule has 0 bridgehead atoms. The smallest absolute Gasteiger partial charge is 0.242 e. The molecule has 7 heteroatoms. The van der Waals surface area contributed by atoms with Crippen LogP contribution in [0.4, 0.5) is 5.69 Å². The Morgan fingerprint density at radius 3 is 2.04 bits per heavy atom. The molecule has 2 N–H and O–H groups in total. The van der Waals surface area contributed by atoms with Gasteiger partial charge < -0.3 is 5.32 Å². The van der Waals surface area contributed by atoms with E-state index < -0.39 is 22.0 Å². The summed E-state index contributed by atoms with van der Waals surface area (Å²) in [6.07, 6.45) is 0.239. The number of nitrogens with one attached hydrogen (secondary N) is 2. The van der Waals surface area contributed by atoms with Crippen LogP contribution in [-0.2, 0) is 21.2 Å². The molecule has 0 aliphatic heterocycles. The lowest BCUT2D eigenvalue weighted by Gasteiger charge is -2.19. The van der Waals surface area contributed by atoms with Gasteiger partial charge in [-0.1, -0.05) is 48.5 Å². The minimum absolute atomic E-state index is 0.120. The molecule has 3 aromatic carbocycles. The molecule has 0 radical (unpaired) electrons. The molecule has 0 heterocycles.